The molecule has 3 aromatic rings. The normalized spacial score (nSPS) is 12.6. The fraction of sp³-hybridized carbons (Fsp3) is 0.0909. The lowest BCUT2D eigenvalue weighted by molar-refractivity contribution is -0.116. The second-order valence-electron chi connectivity index (χ2n) is 6.53. The van der Waals surface area contributed by atoms with Crippen LogP contribution in [0.1, 0.15) is 16.4 Å². The van der Waals surface area contributed by atoms with Crippen LogP contribution in [0, 0.1) is 0 Å². The minimum absolute atomic E-state index is 0.103. The van der Waals surface area contributed by atoms with Crippen molar-refractivity contribution in [3.8, 4) is 0 Å². The van der Waals surface area contributed by atoms with Crippen LogP contribution in [-0.2, 0) is 14.6 Å². The van der Waals surface area contributed by atoms with Gasteiger partial charge in [0.15, 0.2) is 9.84 Å². The summed E-state index contributed by atoms with van der Waals surface area (Å²) in [6, 6.07) is 14.1. The predicted molar refractivity (Wildman–Crippen MR) is 124 cm³/mol. The second kappa shape index (κ2) is 10.3. The lowest BCUT2D eigenvalue weighted by Crippen LogP contribution is -2.31. The molecular formula is C22H17Cl3N2O3S. The van der Waals surface area contributed by atoms with Crippen molar-refractivity contribution in [1.82, 2.24) is 10.3 Å². The van der Waals surface area contributed by atoms with Crippen LogP contribution < -0.4 is 5.32 Å². The highest BCUT2D eigenvalue weighted by atomic mass is 35.5. The molecule has 160 valence electrons. The van der Waals surface area contributed by atoms with Gasteiger partial charge in [-0.15, -0.1) is 0 Å². The van der Waals surface area contributed by atoms with Gasteiger partial charge in [-0.3, -0.25) is 9.78 Å². The van der Waals surface area contributed by atoms with E-state index in [0.29, 0.717) is 26.2 Å². The van der Waals surface area contributed by atoms with Crippen LogP contribution in [-0.4, -0.2) is 25.9 Å². The van der Waals surface area contributed by atoms with Crippen molar-refractivity contribution in [1.29, 1.82) is 0 Å². The first-order valence-electron chi connectivity index (χ1n) is 9.08. The Morgan fingerprint density at radius 2 is 1.77 bits per heavy atom. The molecule has 0 saturated heterocycles. The Labute approximate surface area is 195 Å². The third kappa shape index (κ3) is 6.08. The third-order valence-electron chi connectivity index (χ3n) is 4.41. The monoisotopic (exact) mass is 494 g/mol. The molecular weight excluding hydrogens is 479 g/mol. The quantitative estimate of drug-likeness (QED) is 0.446. The topological polar surface area (TPSA) is 76.1 Å². The molecule has 1 heterocycles. The number of nitrogens with one attached hydrogen (secondary N) is 1. The molecule has 1 atom stereocenters. The van der Waals surface area contributed by atoms with Crippen molar-refractivity contribution in [2.24, 2.45) is 0 Å². The van der Waals surface area contributed by atoms with E-state index in [0.717, 1.165) is 0 Å². The zero-order chi connectivity index (χ0) is 22.4. The summed E-state index contributed by atoms with van der Waals surface area (Å²) in [6.45, 7) is -0.138. The van der Waals surface area contributed by atoms with E-state index in [9.17, 15) is 13.2 Å². The molecule has 31 heavy (non-hydrogen) atoms. The van der Waals surface area contributed by atoms with Crippen molar-refractivity contribution in [2.75, 3.05) is 6.54 Å². The van der Waals surface area contributed by atoms with Gasteiger partial charge in [0.1, 0.15) is 5.25 Å². The Bertz CT molecular complexity index is 1200. The maximum absolute atomic E-state index is 13.2. The minimum Gasteiger partial charge on any atom is -0.351 e. The Morgan fingerprint density at radius 1 is 1.03 bits per heavy atom. The summed E-state index contributed by atoms with van der Waals surface area (Å²) in [5.74, 6) is -0.453. The Morgan fingerprint density at radius 3 is 2.42 bits per heavy atom. The van der Waals surface area contributed by atoms with E-state index in [1.54, 1.807) is 42.6 Å². The molecule has 0 aliphatic heterocycles. The van der Waals surface area contributed by atoms with E-state index in [-0.39, 0.29) is 11.4 Å². The molecule has 0 fully saturated rings. The van der Waals surface area contributed by atoms with Gasteiger partial charge in [0, 0.05) is 30.0 Å². The maximum atomic E-state index is 13.2. The van der Waals surface area contributed by atoms with Gasteiger partial charge in [-0.2, -0.15) is 0 Å². The number of amides is 1. The van der Waals surface area contributed by atoms with Crippen molar-refractivity contribution in [3.63, 3.8) is 0 Å². The number of halogens is 3. The van der Waals surface area contributed by atoms with Crippen LogP contribution in [0.15, 0.2) is 78.0 Å². The fourth-order valence-electron chi connectivity index (χ4n) is 2.80. The van der Waals surface area contributed by atoms with Crippen molar-refractivity contribution in [2.45, 2.75) is 10.1 Å². The molecule has 1 aromatic heterocycles. The number of pyridine rings is 1. The van der Waals surface area contributed by atoms with E-state index >= 15 is 0 Å². The summed E-state index contributed by atoms with van der Waals surface area (Å²) in [6.07, 6.45) is 5.88. The number of carbonyl (C=O) groups excluding carboxylic acids is 1. The Hall–Kier alpha value is -2.38. The first-order chi connectivity index (χ1) is 14.8. The molecule has 2 aromatic carbocycles. The summed E-state index contributed by atoms with van der Waals surface area (Å²) >= 11 is 17.7. The average molecular weight is 496 g/mol. The number of hydrogen-bond acceptors (Lipinski definition) is 4. The van der Waals surface area contributed by atoms with Crippen LogP contribution in [0.25, 0.3) is 6.08 Å². The first-order valence-corrected chi connectivity index (χ1v) is 11.8. The summed E-state index contributed by atoms with van der Waals surface area (Å²) in [7, 11) is -3.81. The molecule has 9 heteroatoms. The third-order valence-corrected chi connectivity index (χ3v) is 7.51. The van der Waals surface area contributed by atoms with E-state index in [2.05, 4.69) is 10.3 Å². The predicted octanol–water partition coefficient (Wildman–Crippen LogP) is 5.39. The Balaban J connectivity index is 1.79. The lowest BCUT2D eigenvalue weighted by atomic mass is 10.2. The standard InChI is InChI=1S/C22H17Cl3N2O3S/c23-17-5-7-18(8-6-17)31(29,30)21(16-2-1-11-26-13-16)14-27-22(28)10-4-15-3-9-19(24)20(25)12-15/h1-13,21H,14H2,(H,27,28)/b10-4+. The summed E-state index contributed by atoms with van der Waals surface area (Å²) < 4.78 is 26.5. The van der Waals surface area contributed by atoms with E-state index in [1.165, 1.54) is 36.5 Å². The molecule has 1 amide bonds. The molecule has 0 aliphatic carbocycles. The number of rotatable bonds is 7. The van der Waals surface area contributed by atoms with Gasteiger partial charge in [0.05, 0.1) is 14.9 Å². The molecule has 0 aliphatic rings. The summed E-state index contributed by atoms with van der Waals surface area (Å²) in [5.41, 5.74) is 1.15. The highest BCUT2D eigenvalue weighted by molar-refractivity contribution is 7.91. The first kappa shape index (κ1) is 23.3. The zero-order valence-corrected chi connectivity index (χ0v) is 19.1. The molecule has 5 nitrogen and oxygen atoms in total. The van der Waals surface area contributed by atoms with Crippen LogP contribution in [0.4, 0.5) is 0 Å². The van der Waals surface area contributed by atoms with Gasteiger partial charge in [-0.05, 0) is 59.7 Å². The SMILES string of the molecule is O=C(/C=C/c1ccc(Cl)c(Cl)c1)NCC(c1cccnc1)S(=O)(=O)c1ccc(Cl)cc1. The van der Waals surface area contributed by atoms with Crippen LogP contribution in [0.2, 0.25) is 15.1 Å². The van der Waals surface area contributed by atoms with Crippen molar-refractivity contribution in [3.05, 3.63) is 99.3 Å². The van der Waals surface area contributed by atoms with Gasteiger partial charge in [0.25, 0.3) is 0 Å². The summed E-state index contributed by atoms with van der Waals surface area (Å²) in [4.78, 5) is 16.4. The highest BCUT2D eigenvalue weighted by Crippen LogP contribution is 2.29. The molecule has 1 N–H and O–H groups in total. The van der Waals surface area contributed by atoms with Crippen molar-refractivity contribution >= 4 is 56.6 Å². The highest BCUT2D eigenvalue weighted by Gasteiger charge is 2.29. The summed E-state index contributed by atoms with van der Waals surface area (Å²) in [5, 5.41) is 2.83. The molecule has 0 radical (unpaired) electrons. The second-order valence-corrected chi connectivity index (χ2v) is 9.91. The van der Waals surface area contributed by atoms with E-state index < -0.39 is 21.0 Å². The number of hydrogen-bond donors (Lipinski definition) is 1. The van der Waals surface area contributed by atoms with Crippen LogP contribution >= 0.6 is 34.8 Å². The van der Waals surface area contributed by atoms with Gasteiger partial charge in [-0.1, -0.05) is 46.9 Å². The van der Waals surface area contributed by atoms with Crippen molar-refractivity contribution < 1.29 is 13.2 Å². The van der Waals surface area contributed by atoms with E-state index in [4.69, 9.17) is 34.8 Å². The number of aromatic nitrogens is 1. The molecule has 0 bridgehead atoms. The number of sulfone groups is 1. The molecule has 0 saturated carbocycles. The van der Waals surface area contributed by atoms with Gasteiger partial charge in [-0.25, -0.2) is 8.42 Å². The number of benzene rings is 2. The van der Waals surface area contributed by atoms with E-state index in [1.807, 2.05) is 0 Å². The average Bonchev–Trinajstić information content (AvgIpc) is 2.75. The molecule has 0 spiro atoms. The van der Waals surface area contributed by atoms with Gasteiger partial charge in [0.2, 0.25) is 5.91 Å². The molecule has 1 unspecified atom stereocenters. The number of nitrogens with zero attached hydrogens (tertiary/aromatic N) is 1. The van der Waals surface area contributed by atoms with Crippen LogP contribution in [0.5, 0.6) is 0 Å². The van der Waals surface area contributed by atoms with Gasteiger partial charge < -0.3 is 5.32 Å². The minimum atomic E-state index is -3.81. The maximum Gasteiger partial charge on any atom is 0.244 e. The molecule has 3 rings (SSSR count). The lowest BCUT2D eigenvalue weighted by Gasteiger charge is -2.18. The zero-order valence-electron chi connectivity index (χ0n) is 16.0. The van der Waals surface area contributed by atoms with Gasteiger partial charge >= 0.3 is 0 Å². The number of carbonyl (C=O) groups is 1. The smallest absolute Gasteiger partial charge is 0.244 e. The van der Waals surface area contributed by atoms with Crippen LogP contribution in [0.3, 0.4) is 0 Å². The Kier molecular flexibility index (Phi) is 7.73. The largest absolute Gasteiger partial charge is 0.351 e. The fourth-order valence-corrected chi connectivity index (χ4v) is 4.88.